The van der Waals surface area contributed by atoms with E-state index in [-0.39, 0.29) is 18.0 Å². The summed E-state index contributed by atoms with van der Waals surface area (Å²) in [6.45, 7) is 9.65. The van der Waals surface area contributed by atoms with Crippen molar-refractivity contribution in [1.82, 2.24) is 10.2 Å². The molecule has 0 aromatic heterocycles. The third kappa shape index (κ3) is 2.93. The van der Waals surface area contributed by atoms with E-state index in [1.807, 2.05) is 26.0 Å². The quantitative estimate of drug-likeness (QED) is 0.822. The molecule has 2 aliphatic rings. The van der Waals surface area contributed by atoms with E-state index in [0.717, 1.165) is 24.2 Å². The van der Waals surface area contributed by atoms with E-state index < -0.39 is 0 Å². The van der Waals surface area contributed by atoms with Gasteiger partial charge in [-0.25, -0.2) is 0 Å². The van der Waals surface area contributed by atoms with Gasteiger partial charge in [0.1, 0.15) is 11.9 Å². The lowest BCUT2D eigenvalue weighted by Crippen LogP contribution is -2.46. The minimum Gasteiger partial charge on any atom is -0.369 e. The van der Waals surface area contributed by atoms with Gasteiger partial charge in [-0.3, -0.25) is 9.59 Å². The Morgan fingerprint density at radius 1 is 1.19 bits per heavy atom. The van der Waals surface area contributed by atoms with Crippen LogP contribution in [0.1, 0.15) is 50.9 Å². The van der Waals surface area contributed by atoms with E-state index in [0.29, 0.717) is 30.3 Å². The Balaban J connectivity index is 2.02. The van der Waals surface area contributed by atoms with Crippen LogP contribution in [-0.4, -0.2) is 36.0 Å². The molecule has 1 aromatic rings. The molecule has 1 unspecified atom stereocenters. The van der Waals surface area contributed by atoms with Crippen molar-refractivity contribution in [3.05, 3.63) is 35.7 Å². The van der Waals surface area contributed by atoms with Crippen LogP contribution in [0.25, 0.3) is 0 Å². The fourth-order valence-electron chi connectivity index (χ4n) is 3.84. The lowest BCUT2D eigenvalue weighted by Gasteiger charge is -2.37. The normalized spacial score (nSPS) is 18.0. The molecule has 0 aliphatic carbocycles. The van der Waals surface area contributed by atoms with E-state index in [1.165, 1.54) is 0 Å². The van der Waals surface area contributed by atoms with Crippen LogP contribution in [0.2, 0.25) is 0 Å². The largest absolute Gasteiger partial charge is 0.369 e. The zero-order valence-electron chi connectivity index (χ0n) is 16.0. The summed E-state index contributed by atoms with van der Waals surface area (Å²) in [5.74, 6) is 0.317. The highest BCUT2D eigenvalue weighted by Crippen LogP contribution is 2.40. The number of amides is 2. The summed E-state index contributed by atoms with van der Waals surface area (Å²) in [6.07, 6.45) is 3.85. The molecule has 2 aliphatic heterocycles. The second-order valence-electron chi connectivity index (χ2n) is 6.75. The summed E-state index contributed by atoms with van der Waals surface area (Å²) in [6, 6.07) is 5.54. The van der Waals surface area contributed by atoms with Gasteiger partial charge in [-0.05, 0) is 50.8 Å². The van der Waals surface area contributed by atoms with Crippen molar-refractivity contribution in [3.63, 3.8) is 0 Å². The standard InChI is InChI=1S/C20H28N4O2/c1-5-13(6-2)18-21-12-17-19(25)22-15-10-9-14(11-16(15)24(17)18)20(26)23(7-3)8-4/h9-13,18,21H,5-8H2,1-4H3,(H,22,25). The van der Waals surface area contributed by atoms with Crippen LogP contribution in [-0.2, 0) is 4.79 Å². The number of benzene rings is 1. The van der Waals surface area contributed by atoms with Gasteiger partial charge in [0.2, 0.25) is 0 Å². The van der Waals surface area contributed by atoms with Crippen LogP contribution >= 0.6 is 0 Å². The maximum absolute atomic E-state index is 12.8. The Hall–Kier alpha value is -2.50. The van der Waals surface area contributed by atoms with Crippen molar-refractivity contribution in [2.45, 2.75) is 46.7 Å². The molecule has 2 N–H and O–H groups in total. The van der Waals surface area contributed by atoms with Crippen LogP contribution in [0.15, 0.2) is 30.1 Å². The number of hydrogen-bond acceptors (Lipinski definition) is 4. The van der Waals surface area contributed by atoms with E-state index >= 15 is 0 Å². The lowest BCUT2D eigenvalue weighted by atomic mass is 9.97. The third-order valence-electron chi connectivity index (χ3n) is 5.46. The fourth-order valence-corrected chi connectivity index (χ4v) is 3.84. The van der Waals surface area contributed by atoms with Crippen LogP contribution in [0.3, 0.4) is 0 Å². The smallest absolute Gasteiger partial charge is 0.273 e. The molecule has 1 aromatic carbocycles. The highest BCUT2D eigenvalue weighted by Gasteiger charge is 2.39. The Morgan fingerprint density at radius 3 is 2.50 bits per heavy atom. The Bertz CT molecular complexity index is 735. The van der Waals surface area contributed by atoms with Gasteiger partial charge >= 0.3 is 0 Å². The maximum Gasteiger partial charge on any atom is 0.273 e. The molecule has 2 amide bonds. The van der Waals surface area contributed by atoms with E-state index in [9.17, 15) is 9.59 Å². The number of nitrogens with one attached hydrogen (secondary N) is 2. The van der Waals surface area contributed by atoms with E-state index in [2.05, 4.69) is 29.4 Å². The van der Waals surface area contributed by atoms with Crippen molar-refractivity contribution in [2.24, 2.45) is 5.92 Å². The number of carbonyl (C=O) groups is 2. The third-order valence-corrected chi connectivity index (χ3v) is 5.46. The molecule has 3 rings (SSSR count). The number of fused-ring (bicyclic) bond motifs is 3. The molecule has 0 radical (unpaired) electrons. The lowest BCUT2D eigenvalue weighted by molar-refractivity contribution is -0.113. The highest BCUT2D eigenvalue weighted by molar-refractivity contribution is 6.13. The molecule has 2 heterocycles. The van der Waals surface area contributed by atoms with Crippen molar-refractivity contribution in [1.29, 1.82) is 0 Å². The molecule has 0 saturated carbocycles. The first kappa shape index (κ1) is 18.3. The summed E-state index contributed by atoms with van der Waals surface area (Å²) >= 11 is 0. The van der Waals surface area contributed by atoms with Crippen molar-refractivity contribution in [2.75, 3.05) is 23.3 Å². The summed E-state index contributed by atoms with van der Waals surface area (Å²) in [5.41, 5.74) is 2.90. The molecule has 0 bridgehead atoms. The predicted molar refractivity (Wildman–Crippen MR) is 104 cm³/mol. The van der Waals surface area contributed by atoms with Crippen molar-refractivity contribution in [3.8, 4) is 0 Å². The fraction of sp³-hybridized carbons (Fsp3) is 0.500. The zero-order valence-corrected chi connectivity index (χ0v) is 16.0. The molecule has 1 atom stereocenters. The summed E-state index contributed by atoms with van der Waals surface area (Å²) < 4.78 is 0. The number of anilines is 2. The van der Waals surface area contributed by atoms with Crippen LogP contribution in [0.5, 0.6) is 0 Å². The molecule has 0 saturated heterocycles. The second-order valence-corrected chi connectivity index (χ2v) is 6.75. The first-order chi connectivity index (χ1) is 12.5. The van der Waals surface area contributed by atoms with Crippen LogP contribution in [0, 0.1) is 5.92 Å². The average Bonchev–Trinajstić information content (AvgIpc) is 3.09. The Morgan fingerprint density at radius 2 is 1.88 bits per heavy atom. The number of rotatable bonds is 6. The van der Waals surface area contributed by atoms with Gasteiger partial charge in [-0.1, -0.05) is 13.8 Å². The first-order valence-corrected chi connectivity index (χ1v) is 9.55. The molecular formula is C20H28N4O2. The zero-order chi connectivity index (χ0) is 18.8. The molecule has 6 nitrogen and oxygen atoms in total. The highest BCUT2D eigenvalue weighted by atomic mass is 16.2. The summed E-state index contributed by atoms with van der Waals surface area (Å²) in [5, 5.41) is 6.31. The monoisotopic (exact) mass is 356 g/mol. The topological polar surface area (TPSA) is 64.7 Å². The minimum atomic E-state index is -0.110. The van der Waals surface area contributed by atoms with Gasteiger partial charge in [0.15, 0.2) is 0 Å². The average molecular weight is 356 g/mol. The van der Waals surface area contributed by atoms with Crippen molar-refractivity contribution >= 4 is 23.2 Å². The van der Waals surface area contributed by atoms with Crippen LogP contribution < -0.4 is 15.5 Å². The van der Waals surface area contributed by atoms with Crippen molar-refractivity contribution < 1.29 is 9.59 Å². The van der Waals surface area contributed by atoms with Gasteiger partial charge in [-0.15, -0.1) is 0 Å². The van der Waals surface area contributed by atoms with Gasteiger partial charge in [0.05, 0.1) is 11.4 Å². The number of nitrogens with zero attached hydrogens (tertiary/aromatic N) is 2. The first-order valence-electron chi connectivity index (χ1n) is 9.55. The number of hydrogen-bond donors (Lipinski definition) is 2. The van der Waals surface area contributed by atoms with Gasteiger partial charge in [0.25, 0.3) is 11.8 Å². The van der Waals surface area contributed by atoms with Gasteiger partial charge < -0.3 is 20.4 Å². The molecular weight excluding hydrogens is 328 g/mol. The molecule has 0 spiro atoms. The second kappa shape index (κ2) is 7.40. The number of carbonyl (C=O) groups excluding carboxylic acids is 2. The summed E-state index contributed by atoms with van der Waals surface area (Å²) in [4.78, 5) is 29.1. The SMILES string of the molecule is CCC(CC)C1NC=C2C(=O)Nc3ccc(C(=O)N(CC)CC)cc3N21. The van der Waals surface area contributed by atoms with Gasteiger partial charge in [0, 0.05) is 24.9 Å². The van der Waals surface area contributed by atoms with E-state index in [1.54, 1.807) is 17.2 Å². The Labute approximate surface area is 155 Å². The van der Waals surface area contributed by atoms with E-state index in [4.69, 9.17) is 0 Å². The Kier molecular flexibility index (Phi) is 5.20. The summed E-state index contributed by atoms with van der Waals surface area (Å²) in [7, 11) is 0. The minimum absolute atomic E-state index is 0.0199. The molecule has 140 valence electrons. The maximum atomic E-state index is 12.8. The van der Waals surface area contributed by atoms with Gasteiger partial charge in [-0.2, -0.15) is 0 Å². The molecule has 6 heteroatoms. The molecule has 26 heavy (non-hydrogen) atoms. The predicted octanol–water partition coefficient (Wildman–Crippen LogP) is 3.13. The molecule has 0 fully saturated rings. The van der Waals surface area contributed by atoms with Crippen LogP contribution in [0.4, 0.5) is 11.4 Å².